The Morgan fingerprint density at radius 2 is 2.38 bits per heavy atom. The van der Waals surface area contributed by atoms with Crippen LogP contribution in [0.5, 0.6) is 0 Å². The summed E-state index contributed by atoms with van der Waals surface area (Å²) in [5, 5.41) is 3.84. The van der Waals surface area contributed by atoms with Crippen molar-refractivity contribution in [3.05, 3.63) is 34.9 Å². The van der Waals surface area contributed by atoms with Gasteiger partial charge in [-0.1, -0.05) is 23.7 Å². The zero-order chi connectivity index (χ0) is 15.1. The van der Waals surface area contributed by atoms with Crippen LogP contribution >= 0.6 is 23.4 Å². The van der Waals surface area contributed by atoms with E-state index >= 15 is 0 Å². The average Bonchev–Trinajstić information content (AvgIpc) is 2.47. The Labute approximate surface area is 136 Å². The minimum atomic E-state index is 0.168. The van der Waals surface area contributed by atoms with E-state index in [1.54, 1.807) is 0 Å². The Hall–Kier alpha value is -0.710. The second-order valence-corrected chi connectivity index (χ2v) is 7.12. The van der Waals surface area contributed by atoms with E-state index in [-0.39, 0.29) is 11.8 Å². The Morgan fingerprint density at radius 1 is 1.52 bits per heavy atom. The number of rotatable bonds is 6. The molecule has 1 amide bonds. The van der Waals surface area contributed by atoms with E-state index in [4.69, 9.17) is 11.6 Å². The van der Waals surface area contributed by atoms with Crippen LogP contribution in [0.15, 0.2) is 24.3 Å². The number of nitrogens with zero attached hydrogens (tertiary/aromatic N) is 1. The standard InChI is InChI=1S/C16H23ClN2OS/c1-19-8-3-5-14(11-19)16(20)18-7-9-21-12-13-4-2-6-15(17)10-13/h2,4,6,10,14H,3,5,7-9,11-12H2,1H3,(H,18,20)/t14-/m1/s1. The molecule has 21 heavy (non-hydrogen) atoms. The SMILES string of the molecule is CN1CCC[C@@H](C(=O)NCCSCc2cccc(Cl)c2)C1. The van der Waals surface area contributed by atoms with E-state index in [2.05, 4.69) is 23.3 Å². The monoisotopic (exact) mass is 326 g/mol. The van der Waals surface area contributed by atoms with Crippen molar-refractivity contribution in [2.24, 2.45) is 5.92 Å². The molecule has 0 radical (unpaired) electrons. The fraction of sp³-hybridized carbons (Fsp3) is 0.562. The van der Waals surface area contributed by atoms with E-state index in [0.717, 1.165) is 49.0 Å². The number of carbonyl (C=O) groups excluding carboxylic acids is 1. The smallest absolute Gasteiger partial charge is 0.224 e. The summed E-state index contributed by atoms with van der Waals surface area (Å²) < 4.78 is 0. The summed E-state index contributed by atoms with van der Waals surface area (Å²) >= 11 is 7.77. The predicted molar refractivity (Wildman–Crippen MR) is 90.8 cm³/mol. The molecule has 116 valence electrons. The highest BCUT2D eigenvalue weighted by molar-refractivity contribution is 7.98. The minimum Gasteiger partial charge on any atom is -0.355 e. The molecule has 0 bridgehead atoms. The lowest BCUT2D eigenvalue weighted by Crippen LogP contribution is -2.41. The van der Waals surface area contributed by atoms with Gasteiger partial charge in [-0.05, 0) is 44.1 Å². The molecule has 1 atom stereocenters. The summed E-state index contributed by atoms with van der Waals surface area (Å²) in [4.78, 5) is 14.3. The Kier molecular flexibility index (Phi) is 6.87. The third-order valence-corrected chi connectivity index (χ3v) is 4.96. The Bertz CT molecular complexity index is 469. The van der Waals surface area contributed by atoms with Crippen molar-refractivity contribution in [3.8, 4) is 0 Å². The van der Waals surface area contributed by atoms with Crippen LogP contribution in [0, 0.1) is 5.92 Å². The van der Waals surface area contributed by atoms with Gasteiger partial charge in [0.15, 0.2) is 0 Å². The topological polar surface area (TPSA) is 32.3 Å². The molecular weight excluding hydrogens is 304 g/mol. The molecule has 5 heteroatoms. The summed E-state index contributed by atoms with van der Waals surface area (Å²) in [5.74, 6) is 2.25. The molecule has 1 N–H and O–H groups in total. The normalized spacial score (nSPS) is 19.4. The number of hydrogen-bond donors (Lipinski definition) is 1. The minimum absolute atomic E-state index is 0.168. The first-order valence-corrected chi connectivity index (χ1v) is 8.97. The fourth-order valence-electron chi connectivity index (χ4n) is 2.59. The molecule has 1 aromatic rings. The molecule has 0 aliphatic carbocycles. The maximum atomic E-state index is 12.1. The van der Waals surface area contributed by atoms with Crippen molar-refractivity contribution in [1.82, 2.24) is 10.2 Å². The summed E-state index contributed by atoms with van der Waals surface area (Å²) in [5.41, 5.74) is 1.23. The molecule has 0 spiro atoms. The quantitative estimate of drug-likeness (QED) is 0.816. The molecular formula is C16H23ClN2OS. The Morgan fingerprint density at radius 3 is 3.14 bits per heavy atom. The molecule has 0 saturated carbocycles. The van der Waals surface area contributed by atoms with Crippen molar-refractivity contribution in [2.45, 2.75) is 18.6 Å². The Balaban J connectivity index is 1.60. The average molecular weight is 327 g/mol. The largest absolute Gasteiger partial charge is 0.355 e. The predicted octanol–water partition coefficient (Wildman–Crippen LogP) is 3.03. The number of likely N-dealkylation sites (tertiary alicyclic amines) is 1. The molecule has 0 unspecified atom stereocenters. The fourth-order valence-corrected chi connectivity index (χ4v) is 3.61. The summed E-state index contributed by atoms with van der Waals surface area (Å²) in [6, 6.07) is 7.93. The summed E-state index contributed by atoms with van der Waals surface area (Å²) in [7, 11) is 2.08. The van der Waals surface area contributed by atoms with Gasteiger partial charge in [0.1, 0.15) is 0 Å². The summed E-state index contributed by atoms with van der Waals surface area (Å²) in [6.07, 6.45) is 2.14. The van der Waals surface area contributed by atoms with Gasteiger partial charge in [0.25, 0.3) is 0 Å². The molecule has 1 aliphatic rings. The van der Waals surface area contributed by atoms with Gasteiger partial charge in [0.2, 0.25) is 5.91 Å². The lowest BCUT2D eigenvalue weighted by Gasteiger charge is -2.28. The zero-order valence-electron chi connectivity index (χ0n) is 12.5. The van der Waals surface area contributed by atoms with Gasteiger partial charge in [-0.3, -0.25) is 4.79 Å². The molecule has 3 nitrogen and oxygen atoms in total. The number of thioether (sulfide) groups is 1. The van der Waals surface area contributed by atoms with Gasteiger partial charge < -0.3 is 10.2 Å². The van der Waals surface area contributed by atoms with E-state index in [1.165, 1.54) is 5.56 Å². The number of amides is 1. The van der Waals surface area contributed by atoms with Crippen LogP contribution in [0.3, 0.4) is 0 Å². The number of halogens is 1. The van der Waals surface area contributed by atoms with E-state index in [0.29, 0.717) is 0 Å². The van der Waals surface area contributed by atoms with Crippen LogP contribution in [0.1, 0.15) is 18.4 Å². The molecule has 1 heterocycles. The number of nitrogens with one attached hydrogen (secondary N) is 1. The number of hydrogen-bond acceptors (Lipinski definition) is 3. The molecule has 2 rings (SSSR count). The van der Waals surface area contributed by atoms with Crippen LogP contribution in [0.25, 0.3) is 0 Å². The van der Waals surface area contributed by atoms with E-state index in [1.807, 2.05) is 30.0 Å². The first-order chi connectivity index (χ1) is 10.1. The molecule has 0 aromatic heterocycles. The first kappa shape index (κ1) is 16.7. The number of benzene rings is 1. The zero-order valence-corrected chi connectivity index (χ0v) is 14.1. The van der Waals surface area contributed by atoms with Crippen LogP contribution in [-0.4, -0.2) is 43.2 Å². The first-order valence-electron chi connectivity index (χ1n) is 7.43. The van der Waals surface area contributed by atoms with Crippen molar-refractivity contribution < 1.29 is 4.79 Å². The van der Waals surface area contributed by atoms with Crippen molar-refractivity contribution >= 4 is 29.3 Å². The second-order valence-electron chi connectivity index (χ2n) is 5.57. The van der Waals surface area contributed by atoms with Crippen LogP contribution in [0.2, 0.25) is 5.02 Å². The van der Waals surface area contributed by atoms with Gasteiger partial charge in [-0.15, -0.1) is 0 Å². The second kappa shape index (κ2) is 8.66. The van der Waals surface area contributed by atoms with Crippen LogP contribution in [-0.2, 0) is 10.5 Å². The third kappa shape index (κ3) is 5.89. The van der Waals surface area contributed by atoms with Crippen molar-refractivity contribution in [3.63, 3.8) is 0 Å². The molecule has 1 aromatic carbocycles. The van der Waals surface area contributed by atoms with E-state index in [9.17, 15) is 4.79 Å². The third-order valence-electron chi connectivity index (χ3n) is 3.70. The van der Waals surface area contributed by atoms with Crippen LogP contribution in [0.4, 0.5) is 0 Å². The van der Waals surface area contributed by atoms with E-state index < -0.39 is 0 Å². The maximum absolute atomic E-state index is 12.1. The van der Waals surface area contributed by atoms with Gasteiger partial charge in [0.05, 0.1) is 5.92 Å². The number of carbonyl (C=O) groups is 1. The van der Waals surface area contributed by atoms with Gasteiger partial charge in [0, 0.05) is 29.6 Å². The van der Waals surface area contributed by atoms with Gasteiger partial charge in [-0.2, -0.15) is 11.8 Å². The highest BCUT2D eigenvalue weighted by Crippen LogP contribution is 2.17. The van der Waals surface area contributed by atoms with Crippen molar-refractivity contribution in [2.75, 3.05) is 32.4 Å². The lowest BCUT2D eigenvalue weighted by molar-refractivity contribution is -0.126. The van der Waals surface area contributed by atoms with Crippen LogP contribution < -0.4 is 5.32 Å². The van der Waals surface area contributed by atoms with Gasteiger partial charge >= 0.3 is 0 Å². The molecule has 1 aliphatic heterocycles. The van der Waals surface area contributed by atoms with Crippen molar-refractivity contribution in [1.29, 1.82) is 0 Å². The summed E-state index contributed by atoms with van der Waals surface area (Å²) in [6.45, 7) is 2.74. The molecule has 1 saturated heterocycles. The van der Waals surface area contributed by atoms with Gasteiger partial charge in [-0.25, -0.2) is 0 Å². The highest BCUT2D eigenvalue weighted by Gasteiger charge is 2.23. The lowest BCUT2D eigenvalue weighted by atomic mass is 9.98. The maximum Gasteiger partial charge on any atom is 0.224 e. The highest BCUT2D eigenvalue weighted by atomic mass is 35.5. The number of piperidine rings is 1. The molecule has 1 fully saturated rings.